The summed E-state index contributed by atoms with van der Waals surface area (Å²) in [5, 5.41) is 10.8. The van der Waals surface area contributed by atoms with Crippen LogP contribution >= 0.6 is 11.3 Å². The Morgan fingerprint density at radius 2 is 1.82 bits per heavy atom. The maximum absolute atomic E-state index is 13.6. The molecule has 5 aromatic rings. The normalized spacial score (nSPS) is 10.9. The summed E-state index contributed by atoms with van der Waals surface area (Å²) in [6.45, 7) is 4.32. The number of nitrogens with one attached hydrogen (secondary N) is 1. The summed E-state index contributed by atoms with van der Waals surface area (Å²) in [7, 11) is 0. The summed E-state index contributed by atoms with van der Waals surface area (Å²) in [5.74, 6) is 0. The Balaban J connectivity index is 1.77. The van der Waals surface area contributed by atoms with E-state index in [1.54, 1.807) is 18.6 Å². The molecule has 1 aromatic carbocycles. The molecule has 0 atom stereocenters. The molecule has 0 aliphatic rings. The summed E-state index contributed by atoms with van der Waals surface area (Å²) in [6.07, 6.45) is 5.19. The Morgan fingerprint density at radius 3 is 2.56 bits per heavy atom. The minimum Gasteiger partial charge on any atom is -0.349 e. The number of thiazole rings is 1. The molecule has 4 heterocycles. The molecule has 4 aromatic heterocycles. The van der Waals surface area contributed by atoms with Crippen LogP contribution in [0.2, 0.25) is 0 Å². The van der Waals surface area contributed by atoms with Crippen LogP contribution in [0.5, 0.6) is 0 Å². The van der Waals surface area contributed by atoms with Crippen molar-refractivity contribution in [3.05, 3.63) is 94.5 Å². The van der Waals surface area contributed by atoms with Gasteiger partial charge in [-0.1, -0.05) is 36.4 Å². The van der Waals surface area contributed by atoms with Crippen molar-refractivity contribution in [2.45, 2.75) is 20.4 Å². The third-order valence-corrected chi connectivity index (χ3v) is 6.31. The third kappa shape index (κ3) is 4.11. The Kier molecular flexibility index (Phi) is 5.97. The van der Waals surface area contributed by atoms with Crippen LogP contribution in [0.3, 0.4) is 0 Å². The van der Waals surface area contributed by atoms with E-state index in [9.17, 15) is 4.79 Å². The van der Waals surface area contributed by atoms with Crippen LogP contribution in [0.15, 0.2) is 83.4 Å². The van der Waals surface area contributed by atoms with Crippen molar-refractivity contribution >= 4 is 22.7 Å². The lowest BCUT2D eigenvalue weighted by atomic mass is 10.0. The highest BCUT2D eigenvalue weighted by atomic mass is 32.1. The molecule has 168 valence electrons. The molecule has 0 amide bonds. The van der Waals surface area contributed by atoms with Crippen LogP contribution in [0, 0.1) is 6.92 Å². The summed E-state index contributed by atoms with van der Waals surface area (Å²) in [6, 6.07) is 17.5. The number of benzene rings is 1. The lowest BCUT2D eigenvalue weighted by molar-refractivity contribution is 0.621. The smallest absolute Gasteiger partial charge is 0.291 e. The zero-order valence-electron chi connectivity index (χ0n) is 18.8. The topological polar surface area (TPSA) is 85.6 Å². The second kappa shape index (κ2) is 9.36. The molecule has 0 aliphatic heterocycles. The van der Waals surface area contributed by atoms with Gasteiger partial charge in [0.1, 0.15) is 16.4 Å². The van der Waals surface area contributed by atoms with E-state index in [1.165, 1.54) is 16.0 Å². The number of aryl methyl sites for hydroxylation is 2. The molecular weight excluding hydrogens is 444 g/mol. The van der Waals surface area contributed by atoms with Gasteiger partial charge < -0.3 is 5.32 Å². The zero-order chi connectivity index (χ0) is 23.5. The number of nitrogens with zero attached hydrogens (tertiary/aromatic N) is 5. The predicted octanol–water partition coefficient (Wildman–Crippen LogP) is 5.56. The minimum atomic E-state index is -0.215. The van der Waals surface area contributed by atoms with Crippen LogP contribution in [-0.2, 0) is 6.54 Å². The van der Waals surface area contributed by atoms with E-state index in [-0.39, 0.29) is 5.56 Å². The van der Waals surface area contributed by atoms with E-state index < -0.39 is 0 Å². The van der Waals surface area contributed by atoms with Crippen molar-refractivity contribution in [3.8, 4) is 33.2 Å². The highest BCUT2D eigenvalue weighted by Gasteiger charge is 2.23. The lowest BCUT2D eigenvalue weighted by Gasteiger charge is -2.17. The first-order valence-electron chi connectivity index (χ1n) is 10.9. The fourth-order valence-electron chi connectivity index (χ4n) is 3.67. The SMILES string of the molecule is CCn1nc(-c2ccccc2)c(-c2csc(-c3ccccn3)n2)c(Nc2cnccc2C)c1=O. The van der Waals surface area contributed by atoms with E-state index in [4.69, 9.17) is 10.1 Å². The van der Waals surface area contributed by atoms with Gasteiger partial charge in [-0.3, -0.25) is 14.8 Å². The highest BCUT2D eigenvalue weighted by molar-refractivity contribution is 7.13. The second-order valence-corrected chi connectivity index (χ2v) is 8.51. The number of hydrogen-bond donors (Lipinski definition) is 1. The van der Waals surface area contributed by atoms with Gasteiger partial charge in [-0.2, -0.15) is 5.10 Å². The van der Waals surface area contributed by atoms with Crippen molar-refractivity contribution in [1.82, 2.24) is 24.7 Å². The monoisotopic (exact) mass is 466 g/mol. The molecular formula is C26H22N6OS. The number of hydrogen-bond acceptors (Lipinski definition) is 7. The van der Waals surface area contributed by atoms with E-state index >= 15 is 0 Å². The molecule has 7 nitrogen and oxygen atoms in total. The van der Waals surface area contributed by atoms with E-state index in [2.05, 4.69) is 15.3 Å². The molecule has 0 saturated carbocycles. The van der Waals surface area contributed by atoms with Gasteiger partial charge in [0.05, 0.1) is 28.8 Å². The van der Waals surface area contributed by atoms with Gasteiger partial charge >= 0.3 is 0 Å². The number of rotatable bonds is 6. The Labute approximate surface area is 200 Å². The van der Waals surface area contributed by atoms with Gasteiger partial charge in [0.15, 0.2) is 0 Å². The van der Waals surface area contributed by atoms with Crippen LogP contribution in [-0.4, -0.2) is 24.7 Å². The van der Waals surface area contributed by atoms with Crippen molar-refractivity contribution in [2.24, 2.45) is 0 Å². The number of aromatic nitrogens is 5. The van der Waals surface area contributed by atoms with Crippen LogP contribution in [0.4, 0.5) is 11.4 Å². The standard InChI is InChI=1S/C26H22N6OS/c1-3-32-26(33)24(29-20-15-27-14-12-17(20)2)22(23(31-32)18-9-5-4-6-10-18)21-16-34-25(30-21)19-11-7-8-13-28-19/h4-16,29H,3H2,1-2H3. The maximum atomic E-state index is 13.6. The minimum absolute atomic E-state index is 0.215. The molecule has 0 unspecified atom stereocenters. The fourth-order valence-corrected chi connectivity index (χ4v) is 4.46. The fraction of sp³-hybridized carbons (Fsp3) is 0.115. The van der Waals surface area contributed by atoms with E-state index in [0.29, 0.717) is 29.2 Å². The summed E-state index contributed by atoms with van der Waals surface area (Å²) in [5.41, 5.74) is 5.64. The molecule has 0 spiro atoms. The van der Waals surface area contributed by atoms with Crippen molar-refractivity contribution in [3.63, 3.8) is 0 Å². The molecule has 5 rings (SSSR count). The average Bonchev–Trinajstić information content (AvgIpc) is 3.37. The van der Waals surface area contributed by atoms with Gasteiger partial charge in [-0.25, -0.2) is 9.67 Å². The predicted molar refractivity (Wildman–Crippen MR) is 136 cm³/mol. The number of pyridine rings is 2. The lowest BCUT2D eigenvalue weighted by Crippen LogP contribution is -2.26. The molecule has 0 radical (unpaired) electrons. The van der Waals surface area contributed by atoms with E-state index in [1.807, 2.05) is 73.8 Å². The van der Waals surface area contributed by atoms with Crippen LogP contribution < -0.4 is 10.9 Å². The highest BCUT2D eigenvalue weighted by Crippen LogP contribution is 2.38. The largest absolute Gasteiger partial charge is 0.349 e. The summed E-state index contributed by atoms with van der Waals surface area (Å²) in [4.78, 5) is 27.1. The third-order valence-electron chi connectivity index (χ3n) is 5.45. The first-order chi connectivity index (χ1) is 16.7. The molecule has 0 fully saturated rings. The molecule has 34 heavy (non-hydrogen) atoms. The average molecular weight is 467 g/mol. The Bertz CT molecular complexity index is 1500. The Hall–Kier alpha value is -4.17. The van der Waals surface area contributed by atoms with Gasteiger partial charge in [0.2, 0.25) is 0 Å². The molecule has 0 saturated heterocycles. The summed E-state index contributed by atoms with van der Waals surface area (Å²) < 4.78 is 1.48. The molecule has 8 heteroatoms. The van der Waals surface area contributed by atoms with Crippen molar-refractivity contribution in [1.29, 1.82) is 0 Å². The van der Waals surface area contributed by atoms with Crippen molar-refractivity contribution in [2.75, 3.05) is 5.32 Å². The maximum Gasteiger partial charge on any atom is 0.291 e. The van der Waals surface area contributed by atoms with Gasteiger partial charge in [0, 0.05) is 29.9 Å². The first-order valence-corrected chi connectivity index (χ1v) is 11.8. The second-order valence-electron chi connectivity index (χ2n) is 7.65. The van der Waals surface area contributed by atoms with Gasteiger partial charge in [-0.05, 0) is 37.6 Å². The van der Waals surface area contributed by atoms with Crippen LogP contribution in [0.1, 0.15) is 12.5 Å². The van der Waals surface area contributed by atoms with Crippen molar-refractivity contribution < 1.29 is 0 Å². The molecule has 0 bridgehead atoms. The first kappa shape index (κ1) is 21.7. The quantitative estimate of drug-likeness (QED) is 0.352. The number of anilines is 2. The van der Waals surface area contributed by atoms with Gasteiger partial charge in [-0.15, -0.1) is 11.3 Å². The summed E-state index contributed by atoms with van der Waals surface area (Å²) >= 11 is 1.48. The Morgan fingerprint density at radius 1 is 1.00 bits per heavy atom. The van der Waals surface area contributed by atoms with E-state index in [0.717, 1.165) is 27.5 Å². The molecule has 1 N–H and O–H groups in total. The van der Waals surface area contributed by atoms with Crippen LogP contribution in [0.25, 0.3) is 33.2 Å². The van der Waals surface area contributed by atoms with Gasteiger partial charge in [0.25, 0.3) is 5.56 Å². The zero-order valence-corrected chi connectivity index (χ0v) is 19.6. The molecule has 0 aliphatic carbocycles.